The molecule has 0 saturated heterocycles. The highest BCUT2D eigenvalue weighted by Gasteiger charge is 2.19. The molecule has 1 heterocycles. The zero-order valence-corrected chi connectivity index (χ0v) is 13.7. The number of amides is 1. The number of aromatic amines is 1. The number of carbonyl (C=O) groups is 1. The van der Waals surface area contributed by atoms with Gasteiger partial charge in [-0.25, -0.2) is 9.89 Å². The predicted octanol–water partition coefficient (Wildman–Crippen LogP) is 1.97. The molecule has 2 N–H and O–H groups in total. The van der Waals surface area contributed by atoms with Gasteiger partial charge in [-0.3, -0.25) is 9.36 Å². The van der Waals surface area contributed by atoms with Crippen LogP contribution in [0.3, 0.4) is 0 Å². The first-order valence-corrected chi connectivity index (χ1v) is 8.06. The van der Waals surface area contributed by atoms with E-state index in [-0.39, 0.29) is 11.6 Å². The number of nitriles is 1. The molecule has 0 aliphatic rings. The average molecular weight is 331 g/mol. The minimum atomic E-state index is -0.438. The van der Waals surface area contributed by atoms with E-state index in [0.29, 0.717) is 23.0 Å². The van der Waals surface area contributed by atoms with Gasteiger partial charge in [-0.1, -0.05) is 24.8 Å². The molecule has 0 bridgehead atoms. The molecule has 1 atom stereocenters. The van der Waals surface area contributed by atoms with Gasteiger partial charge >= 0.3 is 5.69 Å². The van der Waals surface area contributed by atoms with Crippen LogP contribution in [0.15, 0.2) is 34.2 Å². The van der Waals surface area contributed by atoms with E-state index in [9.17, 15) is 9.59 Å². The number of thioether (sulfide) groups is 1. The van der Waals surface area contributed by atoms with Crippen LogP contribution in [0.4, 0.5) is 5.69 Å². The third-order valence-corrected chi connectivity index (χ3v) is 4.17. The standard InChI is InChI=1S/C15H17N5O2S/c1-3-7-20-14(22)18-19-15(20)23-10(2)13(21)17-12-6-4-5-11(8-12)9-16/h4-6,8,10H,3,7H2,1-2H3,(H,17,21)(H,18,22)/t10-/m0/s1. The van der Waals surface area contributed by atoms with E-state index < -0.39 is 5.25 Å². The Morgan fingerprint density at radius 3 is 3.04 bits per heavy atom. The molecule has 0 radical (unpaired) electrons. The topological polar surface area (TPSA) is 104 Å². The molecule has 1 aromatic carbocycles. The number of benzene rings is 1. The van der Waals surface area contributed by atoms with Crippen LogP contribution in [0.25, 0.3) is 0 Å². The number of anilines is 1. The van der Waals surface area contributed by atoms with Crippen molar-refractivity contribution in [1.82, 2.24) is 14.8 Å². The lowest BCUT2D eigenvalue weighted by molar-refractivity contribution is -0.115. The van der Waals surface area contributed by atoms with Crippen LogP contribution in [0.1, 0.15) is 25.8 Å². The molecule has 0 spiro atoms. The minimum Gasteiger partial charge on any atom is -0.325 e. The first-order chi connectivity index (χ1) is 11.0. The van der Waals surface area contributed by atoms with Crippen LogP contribution in [0, 0.1) is 11.3 Å². The summed E-state index contributed by atoms with van der Waals surface area (Å²) in [5, 5.41) is 18.0. The monoisotopic (exact) mass is 331 g/mol. The highest BCUT2D eigenvalue weighted by atomic mass is 32.2. The fourth-order valence-electron chi connectivity index (χ4n) is 1.94. The van der Waals surface area contributed by atoms with Crippen molar-refractivity contribution in [3.05, 3.63) is 40.3 Å². The molecule has 0 unspecified atom stereocenters. The fraction of sp³-hybridized carbons (Fsp3) is 0.333. The van der Waals surface area contributed by atoms with Gasteiger partial charge in [0.15, 0.2) is 5.16 Å². The molecule has 0 aliphatic carbocycles. The van der Waals surface area contributed by atoms with Crippen LogP contribution in [-0.2, 0) is 11.3 Å². The molecule has 1 aromatic heterocycles. The molecule has 23 heavy (non-hydrogen) atoms. The van der Waals surface area contributed by atoms with Crippen molar-refractivity contribution in [2.45, 2.75) is 37.2 Å². The van der Waals surface area contributed by atoms with E-state index in [1.165, 1.54) is 16.3 Å². The van der Waals surface area contributed by atoms with Crippen molar-refractivity contribution in [3.63, 3.8) is 0 Å². The van der Waals surface area contributed by atoms with E-state index in [1.807, 2.05) is 13.0 Å². The van der Waals surface area contributed by atoms with E-state index in [2.05, 4.69) is 15.5 Å². The maximum Gasteiger partial charge on any atom is 0.343 e. The largest absolute Gasteiger partial charge is 0.343 e. The maximum absolute atomic E-state index is 12.3. The van der Waals surface area contributed by atoms with Gasteiger partial charge < -0.3 is 5.32 Å². The number of nitrogens with zero attached hydrogens (tertiary/aromatic N) is 3. The van der Waals surface area contributed by atoms with E-state index in [4.69, 9.17) is 5.26 Å². The van der Waals surface area contributed by atoms with E-state index >= 15 is 0 Å². The summed E-state index contributed by atoms with van der Waals surface area (Å²) < 4.78 is 1.52. The summed E-state index contributed by atoms with van der Waals surface area (Å²) in [5.74, 6) is -0.219. The van der Waals surface area contributed by atoms with Gasteiger partial charge in [0, 0.05) is 12.2 Å². The van der Waals surface area contributed by atoms with E-state index in [0.717, 1.165) is 6.42 Å². The van der Waals surface area contributed by atoms with Crippen molar-refractivity contribution in [3.8, 4) is 6.07 Å². The number of aromatic nitrogens is 3. The zero-order valence-electron chi connectivity index (χ0n) is 12.9. The number of carbonyl (C=O) groups excluding carboxylic acids is 1. The molecular weight excluding hydrogens is 314 g/mol. The number of nitrogens with one attached hydrogen (secondary N) is 2. The third kappa shape index (κ3) is 4.23. The van der Waals surface area contributed by atoms with Crippen molar-refractivity contribution in [2.75, 3.05) is 5.32 Å². The second-order valence-electron chi connectivity index (χ2n) is 4.90. The van der Waals surface area contributed by atoms with Crippen LogP contribution < -0.4 is 11.0 Å². The Morgan fingerprint density at radius 2 is 2.35 bits per heavy atom. The molecule has 0 saturated carbocycles. The lowest BCUT2D eigenvalue weighted by atomic mass is 10.2. The summed E-state index contributed by atoms with van der Waals surface area (Å²) in [7, 11) is 0. The quantitative estimate of drug-likeness (QED) is 0.788. The summed E-state index contributed by atoms with van der Waals surface area (Å²) in [5.41, 5.74) is 0.769. The number of H-pyrrole nitrogens is 1. The number of hydrogen-bond acceptors (Lipinski definition) is 5. The lowest BCUT2D eigenvalue weighted by Gasteiger charge is -2.12. The van der Waals surface area contributed by atoms with Gasteiger partial charge in [0.25, 0.3) is 0 Å². The highest BCUT2D eigenvalue weighted by Crippen LogP contribution is 2.21. The molecule has 8 heteroatoms. The van der Waals surface area contributed by atoms with Crippen molar-refractivity contribution in [1.29, 1.82) is 5.26 Å². The van der Waals surface area contributed by atoms with Crippen LogP contribution in [0.5, 0.6) is 0 Å². The maximum atomic E-state index is 12.3. The Balaban J connectivity index is 2.05. The Bertz CT molecular complexity index is 790. The van der Waals surface area contributed by atoms with Crippen molar-refractivity contribution >= 4 is 23.4 Å². The second-order valence-corrected chi connectivity index (χ2v) is 6.21. The molecule has 2 aromatic rings. The molecule has 0 fully saturated rings. The smallest absolute Gasteiger partial charge is 0.325 e. The van der Waals surface area contributed by atoms with Gasteiger partial charge in [-0.05, 0) is 31.5 Å². The highest BCUT2D eigenvalue weighted by molar-refractivity contribution is 8.00. The van der Waals surface area contributed by atoms with Crippen molar-refractivity contribution in [2.24, 2.45) is 0 Å². The zero-order chi connectivity index (χ0) is 16.8. The predicted molar refractivity (Wildman–Crippen MR) is 88.2 cm³/mol. The Kier molecular flexibility index (Phi) is 5.60. The van der Waals surface area contributed by atoms with Gasteiger partial charge in [0.05, 0.1) is 16.9 Å². The van der Waals surface area contributed by atoms with Crippen molar-refractivity contribution < 1.29 is 4.79 Å². The summed E-state index contributed by atoms with van der Waals surface area (Å²) in [4.78, 5) is 23.9. The number of hydrogen-bond donors (Lipinski definition) is 2. The van der Waals surface area contributed by atoms with E-state index in [1.54, 1.807) is 31.2 Å². The van der Waals surface area contributed by atoms with Crippen LogP contribution in [-0.4, -0.2) is 25.9 Å². The Labute approximate surface area is 137 Å². The lowest BCUT2D eigenvalue weighted by Crippen LogP contribution is -2.24. The van der Waals surface area contributed by atoms with Gasteiger partial charge in [0.1, 0.15) is 0 Å². The van der Waals surface area contributed by atoms with Gasteiger partial charge in [0.2, 0.25) is 5.91 Å². The third-order valence-electron chi connectivity index (χ3n) is 3.08. The Morgan fingerprint density at radius 1 is 1.57 bits per heavy atom. The van der Waals surface area contributed by atoms with Crippen LogP contribution in [0.2, 0.25) is 0 Å². The minimum absolute atomic E-state index is 0.219. The van der Waals surface area contributed by atoms with Gasteiger partial charge in [-0.15, -0.1) is 5.10 Å². The first kappa shape index (κ1) is 16.8. The summed E-state index contributed by atoms with van der Waals surface area (Å²) in [6.45, 7) is 4.26. The average Bonchev–Trinajstić information content (AvgIpc) is 2.88. The number of rotatable bonds is 6. The van der Waals surface area contributed by atoms with Crippen LogP contribution >= 0.6 is 11.8 Å². The first-order valence-electron chi connectivity index (χ1n) is 7.18. The molecule has 2 rings (SSSR count). The fourth-order valence-corrected chi connectivity index (χ4v) is 2.82. The van der Waals surface area contributed by atoms with Gasteiger partial charge in [-0.2, -0.15) is 5.26 Å². The SMILES string of the molecule is CCCn1c(S[C@@H](C)C(=O)Nc2cccc(C#N)c2)n[nH]c1=O. The molecule has 7 nitrogen and oxygen atoms in total. The molecule has 0 aliphatic heterocycles. The second kappa shape index (κ2) is 7.65. The Hall–Kier alpha value is -2.53. The summed E-state index contributed by atoms with van der Waals surface area (Å²) in [6.07, 6.45) is 0.800. The molecular formula is C15H17N5O2S. The summed E-state index contributed by atoms with van der Waals surface area (Å²) >= 11 is 1.21. The molecule has 1 amide bonds. The normalized spacial score (nSPS) is 11.7. The summed E-state index contributed by atoms with van der Waals surface area (Å²) in [6, 6.07) is 8.73. The molecule has 120 valence electrons.